The normalized spacial score (nSPS) is 13.3. The van der Waals surface area contributed by atoms with Crippen molar-refractivity contribution < 1.29 is 9.53 Å². The number of ether oxygens (including phenoxy) is 1. The van der Waals surface area contributed by atoms with E-state index in [0.717, 1.165) is 0 Å². The van der Waals surface area contributed by atoms with E-state index in [-0.39, 0.29) is 0 Å². The van der Waals surface area contributed by atoms with Crippen LogP contribution in [0.15, 0.2) is 30.3 Å². The third-order valence-corrected chi connectivity index (χ3v) is 2.23. The summed E-state index contributed by atoms with van der Waals surface area (Å²) in [6, 6.07) is 8.63. The fourth-order valence-corrected chi connectivity index (χ4v) is 1.58. The van der Waals surface area contributed by atoms with Crippen LogP contribution < -0.4 is 5.73 Å². The van der Waals surface area contributed by atoms with Crippen molar-refractivity contribution in [2.24, 2.45) is 5.73 Å². The summed E-state index contributed by atoms with van der Waals surface area (Å²) in [5, 5.41) is 0. The Balaban J connectivity index is 2.97. The summed E-state index contributed by atoms with van der Waals surface area (Å²) in [6.07, 6.45) is -2.00. The van der Waals surface area contributed by atoms with Crippen LogP contribution in [0.1, 0.15) is 11.7 Å². The molecule has 1 atom stereocenters. The summed E-state index contributed by atoms with van der Waals surface area (Å²) in [6.45, 7) is 0. The molecule has 3 nitrogen and oxygen atoms in total. The van der Waals surface area contributed by atoms with Gasteiger partial charge in [0.25, 0.3) is 0 Å². The van der Waals surface area contributed by atoms with E-state index >= 15 is 0 Å². The van der Waals surface area contributed by atoms with Gasteiger partial charge in [0.2, 0.25) is 3.79 Å². The SMILES string of the molecule is NC(=O)O[C@@H](c1ccccc1)C(Cl)(Cl)Cl. The molecule has 82 valence electrons. The zero-order valence-corrected chi connectivity index (χ0v) is 9.76. The molecule has 2 N–H and O–H groups in total. The molecule has 0 heterocycles. The van der Waals surface area contributed by atoms with Crippen LogP contribution in [0.2, 0.25) is 0 Å². The molecule has 0 aliphatic rings. The van der Waals surface area contributed by atoms with Gasteiger partial charge in [0, 0.05) is 0 Å². The Morgan fingerprint density at radius 2 is 1.80 bits per heavy atom. The molecule has 0 aromatic heterocycles. The summed E-state index contributed by atoms with van der Waals surface area (Å²) in [5.74, 6) is 0. The molecule has 1 amide bonds. The first-order valence-electron chi connectivity index (χ1n) is 3.99. The fourth-order valence-electron chi connectivity index (χ4n) is 1.07. The number of hydrogen-bond donors (Lipinski definition) is 1. The smallest absolute Gasteiger partial charge is 0.405 e. The molecular formula is C9H8Cl3NO2. The summed E-state index contributed by atoms with van der Waals surface area (Å²) < 4.78 is 2.99. The van der Waals surface area contributed by atoms with Gasteiger partial charge in [-0.3, -0.25) is 0 Å². The van der Waals surface area contributed by atoms with Gasteiger partial charge in [0.1, 0.15) is 0 Å². The molecule has 0 radical (unpaired) electrons. The zero-order chi connectivity index (χ0) is 11.5. The minimum absolute atomic E-state index is 0.566. The fraction of sp³-hybridized carbons (Fsp3) is 0.222. The Morgan fingerprint density at radius 1 is 1.27 bits per heavy atom. The van der Waals surface area contributed by atoms with Gasteiger partial charge in [0.05, 0.1) is 0 Å². The molecule has 0 fully saturated rings. The summed E-state index contributed by atoms with van der Waals surface area (Å²) in [7, 11) is 0. The molecule has 6 heteroatoms. The van der Waals surface area contributed by atoms with Crippen LogP contribution in [0.5, 0.6) is 0 Å². The second-order valence-electron chi connectivity index (χ2n) is 2.77. The lowest BCUT2D eigenvalue weighted by Gasteiger charge is -2.23. The molecule has 1 rings (SSSR count). The number of carbonyl (C=O) groups excluding carboxylic acids is 1. The van der Waals surface area contributed by atoms with E-state index < -0.39 is 16.0 Å². The van der Waals surface area contributed by atoms with Gasteiger partial charge in [-0.25, -0.2) is 4.79 Å². The van der Waals surface area contributed by atoms with Crippen LogP contribution in [0.3, 0.4) is 0 Å². The molecule has 0 saturated heterocycles. The van der Waals surface area contributed by atoms with E-state index in [9.17, 15) is 4.79 Å². The van der Waals surface area contributed by atoms with Crippen LogP contribution in [-0.4, -0.2) is 9.89 Å². The lowest BCUT2D eigenvalue weighted by molar-refractivity contribution is 0.108. The molecular weight excluding hydrogens is 260 g/mol. The molecule has 15 heavy (non-hydrogen) atoms. The number of hydrogen-bond acceptors (Lipinski definition) is 2. The molecule has 0 aliphatic carbocycles. The Labute approximate surface area is 102 Å². The van der Waals surface area contributed by atoms with E-state index in [1.54, 1.807) is 30.3 Å². The van der Waals surface area contributed by atoms with Gasteiger partial charge in [-0.05, 0) is 5.56 Å². The van der Waals surface area contributed by atoms with E-state index in [1.807, 2.05) is 0 Å². The van der Waals surface area contributed by atoms with Crippen LogP contribution in [0.4, 0.5) is 4.79 Å². The largest absolute Gasteiger partial charge is 0.437 e. The molecule has 0 spiro atoms. The first-order chi connectivity index (χ1) is 6.91. The predicted octanol–water partition coefficient (Wildman–Crippen LogP) is 3.19. The number of primary amides is 1. The van der Waals surface area contributed by atoms with Crippen LogP contribution >= 0.6 is 34.8 Å². The Hall–Kier alpha value is -0.640. The van der Waals surface area contributed by atoms with Gasteiger partial charge in [0.15, 0.2) is 6.10 Å². The van der Waals surface area contributed by atoms with Crippen LogP contribution in [-0.2, 0) is 4.74 Å². The molecule has 1 aromatic rings. The number of amides is 1. The third kappa shape index (κ3) is 3.78. The van der Waals surface area contributed by atoms with E-state index in [1.165, 1.54) is 0 Å². The molecule has 1 aromatic carbocycles. The molecule has 0 bridgehead atoms. The van der Waals surface area contributed by atoms with E-state index in [4.69, 9.17) is 45.3 Å². The minimum Gasteiger partial charge on any atom is -0.437 e. The summed E-state index contributed by atoms with van der Waals surface area (Å²) in [5.41, 5.74) is 5.46. The number of alkyl halides is 3. The average molecular weight is 269 g/mol. The van der Waals surface area contributed by atoms with Crippen molar-refractivity contribution in [2.75, 3.05) is 0 Å². The van der Waals surface area contributed by atoms with Gasteiger partial charge in [-0.1, -0.05) is 65.1 Å². The topological polar surface area (TPSA) is 52.3 Å². The Morgan fingerprint density at radius 3 is 2.20 bits per heavy atom. The predicted molar refractivity (Wildman–Crippen MR) is 60.1 cm³/mol. The van der Waals surface area contributed by atoms with Gasteiger partial charge >= 0.3 is 6.09 Å². The average Bonchev–Trinajstić information content (AvgIpc) is 2.14. The zero-order valence-electron chi connectivity index (χ0n) is 7.49. The van der Waals surface area contributed by atoms with Crippen molar-refractivity contribution in [3.63, 3.8) is 0 Å². The van der Waals surface area contributed by atoms with Crippen molar-refractivity contribution in [2.45, 2.75) is 9.90 Å². The highest BCUT2D eigenvalue weighted by molar-refractivity contribution is 6.68. The van der Waals surface area contributed by atoms with E-state index in [2.05, 4.69) is 0 Å². The number of rotatable bonds is 2. The van der Waals surface area contributed by atoms with Gasteiger partial charge < -0.3 is 10.5 Å². The molecule has 0 unspecified atom stereocenters. The highest BCUT2D eigenvalue weighted by Crippen LogP contribution is 2.42. The number of benzene rings is 1. The quantitative estimate of drug-likeness (QED) is 0.838. The summed E-state index contributed by atoms with van der Waals surface area (Å²) >= 11 is 17.0. The van der Waals surface area contributed by atoms with Crippen molar-refractivity contribution in [1.82, 2.24) is 0 Å². The maximum Gasteiger partial charge on any atom is 0.405 e. The summed E-state index contributed by atoms with van der Waals surface area (Å²) in [4.78, 5) is 10.7. The standard InChI is InChI=1S/C9H8Cl3NO2/c10-9(11,12)7(15-8(13)14)6-4-2-1-3-5-6/h1-5,7H,(H2,13,14)/t7-/m0/s1. The highest BCUT2D eigenvalue weighted by atomic mass is 35.6. The second kappa shape index (κ2) is 4.92. The second-order valence-corrected chi connectivity index (χ2v) is 5.14. The van der Waals surface area contributed by atoms with Crippen molar-refractivity contribution in [3.8, 4) is 0 Å². The highest BCUT2D eigenvalue weighted by Gasteiger charge is 2.36. The number of halogens is 3. The van der Waals surface area contributed by atoms with Crippen LogP contribution in [0.25, 0.3) is 0 Å². The number of carbonyl (C=O) groups is 1. The number of nitrogens with two attached hydrogens (primary N) is 1. The lowest BCUT2D eigenvalue weighted by atomic mass is 10.1. The maximum absolute atomic E-state index is 10.7. The van der Waals surface area contributed by atoms with Crippen molar-refractivity contribution in [1.29, 1.82) is 0 Å². The molecule has 0 aliphatic heterocycles. The maximum atomic E-state index is 10.7. The third-order valence-electron chi connectivity index (χ3n) is 1.63. The first kappa shape index (κ1) is 12.4. The minimum atomic E-state index is -1.75. The van der Waals surface area contributed by atoms with Gasteiger partial charge in [-0.2, -0.15) is 0 Å². The van der Waals surface area contributed by atoms with Crippen molar-refractivity contribution in [3.05, 3.63) is 35.9 Å². The van der Waals surface area contributed by atoms with Crippen LogP contribution in [0, 0.1) is 0 Å². The Kier molecular flexibility index (Phi) is 4.08. The van der Waals surface area contributed by atoms with Crippen molar-refractivity contribution >= 4 is 40.9 Å². The first-order valence-corrected chi connectivity index (χ1v) is 5.12. The van der Waals surface area contributed by atoms with E-state index in [0.29, 0.717) is 5.56 Å². The van der Waals surface area contributed by atoms with Gasteiger partial charge in [-0.15, -0.1) is 0 Å². The monoisotopic (exact) mass is 267 g/mol. The lowest BCUT2D eigenvalue weighted by Crippen LogP contribution is -2.26. The Bertz CT molecular complexity index is 337. The molecule has 0 saturated carbocycles.